The van der Waals surface area contributed by atoms with E-state index in [0.717, 1.165) is 42.6 Å². The summed E-state index contributed by atoms with van der Waals surface area (Å²) in [6.45, 7) is 1.49. The zero-order valence-corrected chi connectivity index (χ0v) is 15.8. The Labute approximate surface area is 163 Å². The molecule has 3 atom stereocenters. The fourth-order valence-corrected chi connectivity index (χ4v) is 4.48. The Balaban J connectivity index is 1.44. The van der Waals surface area contributed by atoms with Gasteiger partial charge in [0.25, 0.3) is 5.91 Å². The highest BCUT2D eigenvalue weighted by Gasteiger charge is 2.37. The number of likely N-dealkylation sites (N-methyl/N-ethyl adjacent to an activating group) is 1. The lowest BCUT2D eigenvalue weighted by molar-refractivity contribution is -0.0670. The van der Waals surface area contributed by atoms with E-state index in [1.807, 2.05) is 41.1 Å². The second-order valence-electron chi connectivity index (χ2n) is 7.68. The number of fused-ring (bicyclic) bond motifs is 3. The molecule has 1 unspecified atom stereocenters. The van der Waals surface area contributed by atoms with Crippen molar-refractivity contribution in [3.05, 3.63) is 54.5 Å². The minimum Gasteiger partial charge on any atom is -0.378 e. The quantitative estimate of drug-likeness (QED) is 0.756. The summed E-state index contributed by atoms with van der Waals surface area (Å²) < 4.78 is 7.68. The fourth-order valence-electron chi connectivity index (χ4n) is 4.48. The van der Waals surface area contributed by atoms with E-state index in [1.165, 1.54) is 0 Å². The van der Waals surface area contributed by atoms with E-state index in [9.17, 15) is 4.79 Å². The van der Waals surface area contributed by atoms with Crippen molar-refractivity contribution in [2.45, 2.75) is 31.0 Å². The van der Waals surface area contributed by atoms with Gasteiger partial charge in [-0.25, -0.2) is 0 Å². The number of piperidine rings is 1. The lowest BCUT2D eigenvalue weighted by Crippen LogP contribution is -2.59. The number of benzene rings is 1. The van der Waals surface area contributed by atoms with E-state index in [4.69, 9.17) is 4.74 Å². The molecule has 2 aliphatic heterocycles. The van der Waals surface area contributed by atoms with Gasteiger partial charge in [0.1, 0.15) is 0 Å². The number of carbonyl (C=O) groups is 1. The van der Waals surface area contributed by atoms with Gasteiger partial charge in [-0.1, -0.05) is 18.2 Å². The fraction of sp³-hybridized carbons (Fsp3) is 0.381. The highest BCUT2D eigenvalue weighted by Crippen LogP contribution is 2.28. The molecule has 0 spiro atoms. The number of hydrogen-bond acceptors (Lipinski definition) is 5. The number of carbonyl (C=O) groups excluding carboxylic acids is 1. The molecule has 2 saturated heterocycles. The third-order valence-corrected chi connectivity index (χ3v) is 6.02. The molecule has 2 aliphatic rings. The zero-order chi connectivity index (χ0) is 19.1. The maximum atomic E-state index is 13.2. The van der Waals surface area contributed by atoms with Crippen molar-refractivity contribution in [1.29, 1.82) is 0 Å². The summed E-state index contributed by atoms with van der Waals surface area (Å²) >= 11 is 0. The van der Waals surface area contributed by atoms with Crippen LogP contribution in [0, 0.1) is 0 Å². The van der Waals surface area contributed by atoms with Gasteiger partial charge in [-0.15, -0.1) is 0 Å². The lowest BCUT2D eigenvalue weighted by Gasteiger charge is -2.46. The largest absolute Gasteiger partial charge is 0.378 e. The molecule has 2 fully saturated rings. The summed E-state index contributed by atoms with van der Waals surface area (Å²) in [6, 6.07) is 10.8. The first-order valence-electron chi connectivity index (χ1n) is 9.68. The average Bonchev–Trinajstić information content (AvgIpc) is 3.09. The number of aromatic nitrogens is 3. The van der Waals surface area contributed by atoms with Gasteiger partial charge in [-0.3, -0.25) is 9.69 Å². The second-order valence-corrected chi connectivity index (χ2v) is 7.68. The summed E-state index contributed by atoms with van der Waals surface area (Å²) in [7, 11) is 2.16. The molecular formula is C21H23N5O2. The number of ether oxygens (including phenoxy) is 1. The molecule has 3 aromatic rings. The summed E-state index contributed by atoms with van der Waals surface area (Å²) in [6.07, 6.45) is 7.10. The molecule has 2 bridgehead atoms. The molecule has 0 saturated carbocycles. The van der Waals surface area contributed by atoms with E-state index < -0.39 is 0 Å². The van der Waals surface area contributed by atoms with Gasteiger partial charge < -0.3 is 14.6 Å². The van der Waals surface area contributed by atoms with E-state index in [1.54, 1.807) is 12.4 Å². The van der Waals surface area contributed by atoms with Crippen LogP contribution in [0.25, 0.3) is 16.6 Å². The van der Waals surface area contributed by atoms with Crippen LogP contribution in [-0.4, -0.2) is 64.0 Å². The molecule has 28 heavy (non-hydrogen) atoms. The van der Waals surface area contributed by atoms with Crippen LogP contribution >= 0.6 is 0 Å². The number of nitrogens with one attached hydrogen (secondary N) is 1. The Morgan fingerprint density at radius 3 is 2.68 bits per heavy atom. The number of amides is 1. The monoisotopic (exact) mass is 377 g/mol. The Hall–Kier alpha value is -2.77. The minimum atomic E-state index is -0.0227. The van der Waals surface area contributed by atoms with Gasteiger partial charge in [-0.05, 0) is 32.0 Å². The van der Waals surface area contributed by atoms with Crippen molar-refractivity contribution in [2.75, 3.05) is 20.3 Å². The summed E-state index contributed by atoms with van der Waals surface area (Å²) in [5, 5.41) is 12.0. The average molecular weight is 377 g/mol. The van der Waals surface area contributed by atoms with Gasteiger partial charge in [0.15, 0.2) is 0 Å². The van der Waals surface area contributed by atoms with Crippen LogP contribution in [0.2, 0.25) is 0 Å². The first-order valence-corrected chi connectivity index (χ1v) is 9.68. The molecule has 2 aromatic heterocycles. The normalized spacial score (nSPS) is 25.0. The summed E-state index contributed by atoms with van der Waals surface area (Å²) in [5.74, 6) is -0.0227. The lowest BCUT2D eigenvalue weighted by atomic mass is 9.90. The van der Waals surface area contributed by atoms with Crippen LogP contribution < -0.4 is 5.32 Å². The number of rotatable bonds is 3. The third-order valence-electron chi connectivity index (χ3n) is 6.02. The van der Waals surface area contributed by atoms with Crippen LogP contribution in [0.5, 0.6) is 0 Å². The van der Waals surface area contributed by atoms with Gasteiger partial charge in [0.05, 0.1) is 42.4 Å². The molecule has 1 N–H and O–H groups in total. The Bertz CT molecular complexity index is 988. The number of morpholine rings is 1. The predicted octanol–water partition coefficient (Wildman–Crippen LogP) is 2.01. The van der Waals surface area contributed by atoms with E-state index in [2.05, 4.69) is 27.5 Å². The molecule has 7 nitrogen and oxygen atoms in total. The zero-order valence-electron chi connectivity index (χ0n) is 15.8. The van der Waals surface area contributed by atoms with E-state index >= 15 is 0 Å². The summed E-state index contributed by atoms with van der Waals surface area (Å²) in [4.78, 5) is 15.6. The van der Waals surface area contributed by atoms with Crippen molar-refractivity contribution in [3.8, 4) is 5.69 Å². The highest BCUT2D eigenvalue weighted by atomic mass is 16.5. The molecule has 1 aromatic carbocycles. The molecular weight excluding hydrogens is 354 g/mol. The predicted molar refractivity (Wildman–Crippen MR) is 106 cm³/mol. The van der Waals surface area contributed by atoms with Crippen molar-refractivity contribution < 1.29 is 9.53 Å². The van der Waals surface area contributed by atoms with Gasteiger partial charge in [0, 0.05) is 29.7 Å². The summed E-state index contributed by atoms with van der Waals surface area (Å²) in [5.41, 5.74) is 2.55. The molecule has 5 rings (SSSR count). The molecule has 144 valence electrons. The minimum absolute atomic E-state index is 0.0227. The Morgan fingerprint density at radius 2 is 1.93 bits per heavy atom. The van der Waals surface area contributed by atoms with Crippen molar-refractivity contribution in [2.24, 2.45) is 0 Å². The topological polar surface area (TPSA) is 72.3 Å². The van der Waals surface area contributed by atoms with E-state index in [0.29, 0.717) is 17.6 Å². The molecule has 0 radical (unpaired) electrons. The number of hydrogen-bond donors (Lipinski definition) is 1. The van der Waals surface area contributed by atoms with Gasteiger partial charge >= 0.3 is 0 Å². The van der Waals surface area contributed by atoms with Crippen molar-refractivity contribution in [1.82, 2.24) is 25.0 Å². The molecule has 7 heteroatoms. The Kier molecular flexibility index (Phi) is 4.33. The molecule has 0 aliphatic carbocycles. The number of para-hydroxylation sites is 1. The van der Waals surface area contributed by atoms with Crippen LogP contribution in [0.1, 0.15) is 23.2 Å². The Morgan fingerprint density at radius 1 is 1.14 bits per heavy atom. The smallest absolute Gasteiger partial charge is 0.253 e. The van der Waals surface area contributed by atoms with Crippen LogP contribution in [-0.2, 0) is 4.74 Å². The van der Waals surface area contributed by atoms with Crippen LogP contribution in [0.4, 0.5) is 0 Å². The number of nitrogens with zero attached hydrogens (tertiary/aromatic N) is 4. The molecule has 1 amide bonds. The second kappa shape index (κ2) is 7.00. The van der Waals surface area contributed by atoms with E-state index in [-0.39, 0.29) is 11.9 Å². The van der Waals surface area contributed by atoms with Crippen LogP contribution in [0.15, 0.2) is 48.9 Å². The molecule has 4 heterocycles. The highest BCUT2D eigenvalue weighted by molar-refractivity contribution is 6.07. The standard InChI is InChI=1S/C21H23N5O2/c1-25-16-8-14(9-17(25)13-28-12-16)24-21(27)19-11-26(15-6-7-22-23-10-15)20-5-3-2-4-18(19)20/h2-7,10-11,14,16-17H,8-9,12-13H2,1H3,(H,24,27)/t14?,16-,17+. The van der Waals surface area contributed by atoms with Gasteiger partial charge in [0.2, 0.25) is 0 Å². The third kappa shape index (κ3) is 2.96. The van der Waals surface area contributed by atoms with Crippen molar-refractivity contribution in [3.63, 3.8) is 0 Å². The van der Waals surface area contributed by atoms with Crippen LogP contribution in [0.3, 0.4) is 0 Å². The maximum Gasteiger partial charge on any atom is 0.253 e. The SMILES string of the molecule is CN1[C@@H]2COC[C@H]1CC(NC(=O)c1cn(-c3ccnnc3)c3ccccc13)C2. The maximum absolute atomic E-state index is 13.2. The first-order chi connectivity index (χ1) is 13.7. The van der Waals surface area contributed by atoms with Crippen molar-refractivity contribution >= 4 is 16.8 Å². The first kappa shape index (κ1) is 17.3. The van der Waals surface area contributed by atoms with Gasteiger partial charge in [-0.2, -0.15) is 10.2 Å².